The molecule has 2 aromatic rings. The summed E-state index contributed by atoms with van der Waals surface area (Å²) in [6.45, 7) is 3.82. The third-order valence-corrected chi connectivity index (χ3v) is 4.48. The second-order valence-electron chi connectivity index (χ2n) is 6.03. The van der Waals surface area contributed by atoms with E-state index in [1.165, 1.54) is 6.33 Å². The number of aromatic nitrogens is 3. The highest BCUT2D eigenvalue weighted by atomic mass is 32.1. The number of fused-ring (bicyclic) bond motifs is 2. The Labute approximate surface area is 133 Å². The van der Waals surface area contributed by atoms with E-state index >= 15 is 0 Å². The lowest BCUT2D eigenvalue weighted by atomic mass is 10.1. The number of nitrogens with zero attached hydrogens (tertiary/aromatic N) is 3. The van der Waals surface area contributed by atoms with E-state index in [1.807, 2.05) is 30.7 Å². The zero-order valence-electron chi connectivity index (χ0n) is 12.3. The Balaban J connectivity index is 1.77. The number of anilines is 1. The van der Waals surface area contributed by atoms with E-state index in [0.717, 1.165) is 11.0 Å². The molecule has 7 nitrogen and oxygen atoms in total. The van der Waals surface area contributed by atoms with Crippen molar-refractivity contribution >= 4 is 29.5 Å². The molecule has 2 fully saturated rings. The summed E-state index contributed by atoms with van der Waals surface area (Å²) in [6, 6.07) is 1.89. The van der Waals surface area contributed by atoms with E-state index in [9.17, 15) is 0 Å². The molecule has 0 bridgehead atoms. The first-order valence-corrected chi connectivity index (χ1v) is 7.82. The molecule has 2 saturated heterocycles. The number of rotatable bonds is 2. The Kier molecular flexibility index (Phi) is 3.12. The maximum Gasteiger partial charge on any atom is 0.164 e. The molecule has 0 aromatic carbocycles. The average molecular weight is 322 g/mol. The van der Waals surface area contributed by atoms with Gasteiger partial charge in [-0.25, -0.2) is 9.97 Å². The highest BCUT2D eigenvalue weighted by Crippen LogP contribution is 2.44. The summed E-state index contributed by atoms with van der Waals surface area (Å²) < 4.78 is 20.0. The first kappa shape index (κ1) is 14.3. The summed E-state index contributed by atoms with van der Waals surface area (Å²) >= 11 is 4.37. The molecule has 0 saturated carbocycles. The van der Waals surface area contributed by atoms with Gasteiger partial charge >= 0.3 is 0 Å². The minimum absolute atomic E-state index is 0.128. The van der Waals surface area contributed by atoms with Crippen molar-refractivity contribution in [1.29, 1.82) is 0 Å². The average Bonchev–Trinajstić information content (AvgIpc) is 3.10. The van der Waals surface area contributed by atoms with Crippen LogP contribution in [0.1, 0.15) is 20.1 Å². The van der Waals surface area contributed by atoms with Gasteiger partial charge in [0.2, 0.25) is 0 Å². The molecule has 4 heterocycles. The van der Waals surface area contributed by atoms with Crippen molar-refractivity contribution in [3.63, 3.8) is 0 Å². The lowest BCUT2D eigenvalue weighted by Gasteiger charge is -2.24. The normalized spacial score (nSPS) is 33.4. The van der Waals surface area contributed by atoms with E-state index in [0.29, 0.717) is 11.6 Å². The van der Waals surface area contributed by atoms with Gasteiger partial charge in [-0.05, 0) is 19.9 Å². The lowest BCUT2D eigenvalue weighted by molar-refractivity contribution is -0.193. The van der Waals surface area contributed by atoms with Crippen LogP contribution in [-0.4, -0.2) is 44.4 Å². The number of ether oxygens (including phenoxy) is 3. The highest BCUT2D eigenvalue weighted by molar-refractivity contribution is 7.80. The molecule has 2 aliphatic rings. The fourth-order valence-corrected chi connectivity index (χ4v) is 3.52. The van der Waals surface area contributed by atoms with Gasteiger partial charge in [0.05, 0.1) is 11.5 Å². The third kappa shape index (κ3) is 2.02. The van der Waals surface area contributed by atoms with Crippen LogP contribution in [0.2, 0.25) is 0 Å². The van der Waals surface area contributed by atoms with E-state index in [2.05, 4.69) is 22.6 Å². The second-order valence-corrected chi connectivity index (χ2v) is 6.40. The summed E-state index contributed by atoms with van der Waals surface area (Å²) in [6.07, 6.45) is 2.54. The topological polar surface area (TPSA) is 84.4 Å². The number of nitrogen functional groups attached to an aromatic ring is 1. The monoisotopic (exact) mass is 322 g/mol. The molecule has 0 spiro atoms. The van der Waals surface area contributed by atoms with Gasteiger partial charge in [-0.1, -0.05) is 0 Å². The molecule has 4 rings (SSSR count). The number of nitrogens with two attached hydrogens (primary N) is 1. The SMILES string of the molecule is CC1(C)OC2C(CS)OC(n3ccc4c(N)ncnc43)C2O1. The molecule has 0 radical (unpaired) electrons. The van der Waals surface area contributed by atoms with Crippen molar-refractivity contribution in [3.05, 3.63) is 18.6 Å². The first-order chi connectivity index (χ1) is 10.5. The van der Waals surface area contributed by atoms with Crippen molar-refractivity contribution < 1.29 is 14.2 Å². The summed E-state index contributed by atoms with van der Waals surface area (Å²) in [5, 5.41) is 0.801. The molecule has 2 aliphatic heterocycles. The Hall–Kier alpha value is -1.35. The van der Waals surface area contributed by atoms with Crippen LogP contribution in [0.15, 0.2) is 18.6 Å². The number of hydrogen-bond donors (Lipinski definition) is 2. The second kappa shape index (κ2) is 4.82. The Bertz CT molecular complexity index is 719. The van der Waals surface area contributed by atoms with Crippen LogP contribution < -0.4 is 5.73 Å². The minimum Gasteiger partial charge on any atom is -0.383 e. The summed E-state index contributed by atoms with van der Waals surface area (Å²) in [4.78, 5) is 8.34. The lowest BCUT2D eigenvalue weighted by Crippen LogP contribution is -2.30. The van der Waals surface area contributed by atoms with Crippen molar-refractivity contribution in [2.45, 2.75) is 44.2 Å². The standard InChI is InChI=1S/C14H18N4O3S/c1-14(2)20-9-8(5-22)19-13(10(9)21-14)18-4-3-7-11(15)16-6-17-12(7)18/h3-4,6,8-10,13,22H,5H2,1-2H3,(H2,15,16,17). The molecule has 22 heavy (non-hydrogen) atoms. The smallest absolute Gasteiger partial charge is 0.164 e. The van der Waals surface area contributed by atoms with Crippen molar-refractivity contribution in [2.75, 3.05) is 11.5 Å². The molecule has 4 atom stereocenters. The summed E-state index contributed by atoms with van der Waals surface area (Å²) in [5.74, 6) is 0.385. The van der Waals surface area contributed by atoms with E-state index in [1.54, 1.807) is 0 Å². The predicted molar refractivity (Wildman–Crippen MR) is 83.5 cm³/mol. The van der Waals surface area contributed by atoms with Gasteiger partial charge in [0, 0.05) is 11.9 Å². The molecule has 4 unspecified atom stereocenters. The maximum atomic E-state index is 6.10. The zero-order chi connectivity index (χ0) is 15.5. The maximum absolute atomic E-state index is 6.10. The Morgan fingerprint density at radius 1 is 1.32 bits per heavy atom. The van der Waals surface area contributed by atoms with E-state index in [-0.39, 0.29) is 24.5 Å². The molecule has 2 aromatic heterocycles. The van der Waals surface area contributed by atoms with Gasteiger partial charge in [0.1, 0.15) is 30.0 Å². The molecule has 8 heteroatoms. The van der Waals surface area contributed by atoms with Crippen LogP contribution in [-0.2, 0) is 14.2 Å². The van der Waals surface area contributed by atoms with Gasteiger partial charge in [-0.2, -0.15) is 12.6 Å². The third-order valence-electron chi connectivity index (χ3n) is 4.12. The predicted octanol–water partition coefficient (Wildman–Crippen LogP) is 1.36. The molecule has 0 aliphatic carbocycles. The van der Waals surface area contributed by atoms with Gasteiger partial charge in [-0.3, -0.25) is 0 Å². The summed E-state index contributed by atoms with van der Waals surface area (Å²) in [7, 11) is 0. The Morgan fingerprint density at radius 2 is 2.09 bits per heavy atom. The van der Waals surface area contributed by atoms with Crippen LogP contribution in [0.5, 0.6) is 0 Å². The van der Waals surface area contributed by atoms with Gasteiger partial charge in [-0.15, -0.1) is 0 Å². The first-order valence-electron chi connectivity index (χ1n) is 7.19. The van der Waals surface area contributed by atoms with Crippen LogP contribution in [0.25, 0.3) is 11.0 Å². The zero-order valence-corrected chi connectivity index (χ0v) is 13.2. The van der Waals surface area contributed by atoms with Crippen molar-refractivity contribution in [3.8, 4) is 0 Å². The van der Waals surface area contributed by atoms with Crippen molar-refractivity contribution in [2.24, 2.45) is 0 Å². The van der Waals surface area contributed by atoms with Crippen LogP contribution in [0.4, 0.5) is 5.82 Å². The molecule has 2 N–H and O–H groups in total. The molecular formula is C14H18N4O3S. The van der Waals surface area contributed by atoms with Crippen molar-refractivity contribution in [1.82, 2.24) is 14.5 Å². The largest absolute Gasteiger partial charge is 0.383 e. The fourth-order valence-electron chi connectivity index (χ4n) is 3.23. The molecular weight excluding hydrogens is 304 g/mol. The Morgan fingerprint density at radius 3 is 2.86 bits per heavy atom. The highest BCUT2D eigenvalue weighted by Gasteiger charge is 2.55. The molecule has 0 amide bonds. The van der Waals surface area contributed by atoms with Crippen LogP contribution >= 0.6 is 12.6 Å². The quantitative estimate of drug-likeness (QED) is 0.812. The van der Waals surface area contributed by atoms with Gasteiger partial charge in [0.15, 0.2) is 12.0 Å². The van der Waals surface area contributed by atoms with Crippen LogP contribution in [0, 0.1) is 0 Å². The number of hydrogen-bond acceptors (Lipinski definition) is 7. The van der Waals surface area contributed by atoms with Gasteiger partial charge in [0.25, 0.3) is 0 Å². The minimum atomic E-state index is -0.629. The van der Waals surface area contributed by atoms with E-state index < -0.39 is 5.79 Å². The fraction of sp³-hybridized carbons (Fsp3) is 0.571. The summed E-state index contributed by atoms with van der Waals surface area (Å²) in [5.41, 5.74) is 6.62. The van der Waals surface area contributed by atoms with Crippen LogP contribution in [0.3, 0.4) is 0 Å². The number of thiol groups is 1. The van der Waals surface area contributed by atoms with Gasteiger partial charge < -0.3 is 24.5 Å². The molecule has 118 valence electrons. The van der Waals surface area contributed by atoms with E-state index in [4.69, 9.17) is 19.9 Å².